The predicted octanol–water partition coefficient (Wildman–Crippen LogP) is 1.00. The summed E-state index contributed by atoms with van der Waals surface area (Å²) in [7, 11) is 0. The van der Waals surface area contributed by atoms with Gasteiger partial charge in [-0.3, -0.25) is 4.79 Å². The topological polar surface area (TPSA) is 78.6 Å². The molecule has 5 heteroatoms. The highest BCUT2D eigenvalue weighted by atomic mass is 16.6. The number of rotatable bonds is 4. The molecule has 17 heavy (non-hydrogen) atoms. The Kier molecular flexibility index (Phi) is 4.66. The zero-order chi connectivity index (χ0) is 12.8. The molecule has 0 heterocycles. The maximum Gasteiger partial charge on any atom is 0.352 e. The van der Waals surface area contributed by atoms with Crippen molar-refractivity contribution in [3.63, 3.8) is 0 Å². The summed E-state index contributed by atoms with van der Waals surface area (Å²) in [4.78, 5) is 22.1. The number of hydrogen-bond acceptors (Lipinski definition) is 5. The van der Waals surface area contributed by atoms with Crippen LogP contribution in [-0.2, 0) is 20.9 Å². The first kappa shape index (κ1) is 13.2. The molecule has 1 atom stereocenters. The van der Waals surface area contributed by atoms with Crippen LogP contribution >= 0.6 is 0 Å². The van der Waals surface area contributed by atoms with E-state index in [0.29, 0.717) is 12.3 Å². The van der Waals surface area contributed by atoms with Gasteiger partial charge in [0.05, 0.1) is 0 Å². The minimum atomic E-state index is -0.915. The fourth-order valence-corrected chi connectivity index (χ4v) is 1.19. The number of esters is 2. The molecular weight excluding hydrogens is 222 g/mol. The van der Waals surface area contributed by atoms with Crippen LogP contribution in [0.3, 0.4) is 0 Å². The van der Waals surface area contributed by atoms with E-state index in [1.807, 2.05) is 0 Å². The highest BCUT2D eigenvalue weighted by molar-refractivity contribution is 5.79. The van der Waals surface area contributed by atoms with Crippen LogP contribution in [0.25, 0.3) is 0 Å². The summed E-state index contributed by atoms with van der Waals surface area (Å²) in [5, 5.41) is 0. The number of nitrogens with two attached hydrogens (primary N) is 1. The lowest BCUT2D eigenvalue weighted by Crippen LogP contribution is -2.27. The second-order valence-electron chi connectivity index (χ2n) is 3.52. The van der Waals surface area contributed by atoms with Gasteiger partial charge in [0.25, 0.3) is 0 Å². The third kappa shape index (κ3) is 4.24. The highest BCUT2D eigenvalue weighted by Crippen LogP contribution is 2.13. The van der Waals surface area contributed by atoms with Crippen molar-refractivity contribution in [3.05, 3.63) is 29.8 Å². The van der Waals surface area contributed by atoms with Gasteiger partial charge in [-0.15, -0.1) is 0 Å². The third-order valence-corrected chi connectivity index (χ3v) is 2.05. The number of ether oxygens (including phenoxy) is 2. The van der Waals surface area contributed by atoms with Crippen molar-refractivity contribution < 1.29 is 19.1 Å². The maximum absolute atomic E-state index is 11.5. The van der Waals surface area contributed by atoms with E-state index < -0.39 is 18.0 Å². The Hall–Kier alpha value is -1.88. The molecule has 0 radical (unpaired) electrons. The van der Waals surface area contributed by atoms with E-state index in [2.05, 4.69) is 0 Å². The van der Waals surface area contributed by atoms with Crippen molar-refractivity contribution in [1.29, 1.82) is 0 Å². The van der Waals surface area contributed by atoms with Crippen LogP contribution in [0.2, 0.25) is 0 Å². The predicted molar refractivity (Wildman–Crippen MR) is 61.2 cm³/mol. The molecule has 1 unspecified atom stereocenters. The van der Waals surface area contributed by atoms with Gasteiger partial charge < -0.3 is 15.2 Å². The Morgan fingerprint density at radius 1 is 1.29 bits per heavy atom. The van der Waals surface area contributed by atoms with E-state index in [1.165, 1.54) is 13.8 Å². The lowest BCUT2D eigenvalue weighted by atomic mass is 10.2. The molecule has 0 aliphatic heterocycles. The summed E-state index contributed by atoms with van der Waals surface area (Å²) < 4.78 is 9.72. The smallest absolute Gasteiger partial charge is 0.352 e. The number of benzene rings is 1. The lowest BCUT2D eigenvalue weighted by Gasteiger charge is -2.11. The number of carbonyl (C=O) groups excluding carboxylic acids is 2. The standard InChI is InChI=1S/C12H15NO4/c1-8(16-9(2)14)12(15)17-11-5-3-10(7-13)4-6-11/h3-6,8H,7,13H2,1-2H3. The Morgan fingerprint density at radius 3 is 2.35 bits per heavy atom. The number of hydrogen-bond donors (Lipinski definition) is 1. The van der Waals surface area contributed by atoms with Crippen LogP contribution < -0.4 is 10.5 Å². The molecule has 1 rings (SSSR count). The molecule has 0 saturated carbocycles. The van der Waals surface area contributed by atoms with Gasteiger partial charge in [0.15, 0.2) is 6.10 Å². The van der Waals surface area contributed by atoms with Crippen LogP contribution in [0.4, 0.5) is 0 Å². The average Bonchev–Trinajstić information content (AvgIpc) is 2.29. The second kappa shape index (κ2) is 6.00. The molecule has 1 aromatic carbocycles. The van der Waals surface area contributed by atoms with Gasteiger partial charge in [0, 0.05) is 13.5 Å². The first-order valence-electron chi connectivity index (χ1n) is 5.21. The normalized spacial score (nSPS) is 11.7. The summed E-state index contributed by atoms with van der Waals surface area (Å²) >= 11 is 0. The summed E-state index contributed by atoms with van der Waals surface area (Å²) in [5.41, 5.74) is 6.38. The van der Waals surface area contributed by atoms with E-state index >= 15 is 0 Å². The summed E-state index contributed by atoms with van der Waals surface area (Å²) in [6.07, 6.45) is -0.915. The van der Waals surface area contributed by atoms with Crippen LogP contribution in [0.1, 0.15) is 19.4 Å². The fourth-order valence-electron chi connectivity index (χ4n) is 1.19. The zero-order valence-corrected chi connectivity index (χ0v) is 9.80. The van der Waals surface area contributed by atoms with Crippen molar-refractivity contribution in [2.45, 2.75) is 26.5 Å². The molecule has 0 fully saturated rings. The molecular formula is C12H15NO4. The van der Waals surface area contributed by atoms with E-state index in [-0.39, 0.29) is 0 Å². The molecule has 0 aliphatic carbocycles. The quantitative estimate of drug-likeness (QED) is 0.624. The molecule has 0 spiro atoms. The first-order chi connectivity index (χ1) is 8.02. The van der Waals surface area contributed by atoms with Gasteiger partial charge in [0.1, 0.15) is 5.75 Å². The second-order valence-corrected chi connectivity index (χ2v) is 3.52. The Bertz CT molecular complexity index is 399. The van der Waals surface area contributed by atoms with Gasteiger partial charge >= 0.3 is 11.9 Å². The molecule has 5 nitrogen and oxygen atoms in total. The molecule has 1 aromatic rings. The summed E-state index contributed by atoms with van der Waals surface area (Å²) in [6.45, 7) is 3.12. The Balaban J connectivity index is 2.58. The lowest BCUT2D eigenvalue weighted by molar-refractivity contribution is -0.159. The van der Waals surface area contributed by atoms with Crippen LogP contribution in [0, 0.1) is 0 Å². The Labute approximate surface area is 99.5 Å². The van der Waals surface area contributed by atoms with Gasteiger partial charge in [0.2, 0.25) is 0 Å². The molecule has 2 N–H and O–H groups in total. The molecule has 92 valence electrons. The fraction of sp³-hybridized carbons (Fsp3) is 0.333. The van der Waals surface area contributed by atoms with Gasteiger partial charge in [-0.1, -0.05) is 12.1 Å². The molecule has 0 aromatic heterocycles. The maximum atomic E-state index is 11.5. The highest BCUT2D eigenvalue weighted by Gasteiger charge is 2.17. The SMILES string of the molecule is CC(=O)OC(C)C(=O)Oc1ccc(CN)cc1. The Morgan fingerprint density at radius 2 is 1.88 bits per heavy atom. The van der Waals surface area contributed by atoms with Crippen molar-refractivity contribution in [2.75, 3.05) is 0 Å². The minimum Gasteiger partial charge on any atom is -0.451 e. The van der Waals surface area contributed by atoms with Gasteiger partial charge in [-0.2, -0.15) is 0 Å². The van der Waals surface area contributed by atoms with E-state index in [1.54, 1.807) is 24.3 Å². The molecule has 0 aliphatic rings. The van der Waals surface area contributed by atoms with Gasteiger partial charge in [-0.25, -0.2) is 4.79 Å². The number of carbonyl (C=O) groups is 2. The van der Waals surface area contributed by atoms with Crippen LogP contribution in [0.5, 0.6) is 5.75 Å². The van der Waals surface area contributed by atoms with Crippen molar-refractivity contribution in [1.82, 2.24) is 0 Å². The largest absolute Gasteiger partial charge is 0.451 e. The zero-order valence-electron chi connectivity index (χ0n) is 9.80. The van der Waals surface area contributed by atoms with Crippen molar-refractivity contribution in [3.8, 4) is 5.75 Å². The van der Waals surface area contributed by atoms with E-state index in [9.17, 15) is 9.59 Å². The van der Waals surface area contributed by atoms with Crippen molar-refractivity contribution in [2.24, 2.45) is 5.73 Å². The summed E-state index contributed by atoms with van der Waals surface area (Å²) in [5.74, 6) is -0.736. The minimum absolute atomic E-state index is 0.395. The first-order valence-corrected chi connectivity index (χ1v) is 5.21. The molecule has 0 amide bonds. The molecule has 0 bridgehead atoms. The van der Waals surface area contributed by atoms with Crippen molar-refractivity contribution >= 4 is 11.9 Å². The van der Waals surface area contributed by atoms with E-state index in [0.717, 1.165) is 5.56 Å². The summed E-state index contributed by atoms with van der Waals surface area (Å²) in [6, 6.07) is 6.80. The molecule has 0 saturated heterocycles. The monoisotopic (exact) mass is 237 g/mol. The van der Waals surface area contributed by atoms with Crippen LogP contribution in [0.15, 0.2) is 24.3 Å². The third-order valence-electron chi connectivity index (χ3n) is 2.05. The van der Waals surface area contributed by atoms with Gasteiger partial charge in [-0.05, 0) is 24.6 Å². The van der Waals surface area contributed by atoms with E-state index in [4.69, 9.17) is 15.2 Å². The average molecular weight is 237 g/mol. The van der Waals surface area contributed by atoms with Crippen LogP contribution in [-0.4, -0.2) is 18.0 Å².